The lowest BCUT2D eigenvalue weighted by Gasteiger charge is -2.34. The van der Waals surface area contributed by atoms with Gasteiger partial charge in [0.15, 0.2) is 9.84 Å². The number of amides is 2. The molecule has 4 rings (SSSR count). The van der Waals surface area contributed by atoms with E-state index in [1.807, 2.05) is 30.3 Å². The molecule has 1 fully saturated rings. The number of hydrogen-bond donors (Lipinski definition) is 1. The van der Waals surface area contributed by atoms with Crippen LogP contribution in [0.4, 0.5) is 0 Å². The molecule has 1 N–H and O–H groups in total. The maximum atomic E-state index is 13.6. The van der Waals surface area contributed by atoms with E-state index in [4.69, 9.17) is 9.47 Å². The summed E-state index contributed by atoms with van der Waals surface area (Å²) >= 11 is 0. The van der Waals surface area contributed by atoms with Crippen molar-refractivity contribution >= 4 is 21.7 Å². The summed E-state index contributed by atoms with van der Waals surface area (Å²) in [5, 5.41) is 2.90. The molecule has 1 aliphatic heterocycles. The number of methoxy groups -OCH3 is 1. The molecule has 0 saturated carbocycles. The topological polar surface area (TPSA) is 102 Å². The van der Waals surface area contributed by atoms with Crippen molar-refractivity contribution in [2.45, 2.75) is 29.9 Å². The highest BCUT2D eigenvalue weighted by molar-refractivity contribution is 7.90. The predicted molar refractivity (Wildman–Crippen MR) is 139 cm³/mol. The molecule has 37 heavy (non-hydrogen) atoms. The molecule has 1 unspecified atom stereocenters. The van der Waals surface area contributed by atoms with E-state index < -0.39 is 15.9 Å². The van der Waals surface area contributed by atoms with Crippen LogP contribution in [-0.2, 0) is 14.6 Å². The van der Waals surface area contributed by atoms with Crippen molar-refractivity contribution in [2.75, 3.05) is 26.5 Å². The second-order valence-electron chi connectivity index (χ2n) is 8.93. The van der Waals surface area contributed by atoms with Crippen molar-refractivity contribution in [3.05, 3.63) is 90.0 Å². The van der Waals surface area contributed by atoms with Gasteiger partial charge in [-0.25, -0.2) is 8.42 Å². The first-order chi connectivity index (χ1) is 17.7. The Kier molecular flexibility index (Phi) is 8.13. The number of benzene rings is 3. The van der Waals surface area contributed by atoms with Gasteiger partial charge in [0.2, 0.25) is 5.91 Å². The Morgan fingerprint density at radius 3 is 2.05 bits per heavy atom. The monoisotopic (exact) mass is 522 g/mol. The molecule has 1 saturated heterocycles. The number of nitrogens with one attached hydrogen (secondary N) is 1. The van der Waals surface area contributed by atoms with Gasteiger partial charge in [-0.15, -0.1) is 0 Å². The molecule has 0 radical (unpaired) electrons. The minimum atomic E-state index is -3.27. The van der Waals surface area contributed by atoms with Gasteiger partial charge in [0.1, 0.15) is 23.6 Å². The molecular formula is C28H30N2O6S. The van der Waals surface area contributed by atoms with E-state index in [9.17, 15) is 18.0 Å². The van der Waals surface area contributed by atoms with Crippen LogP contribution in [-0.4, -0.2) is 57.7 Å². The smallest absolute Gasteiger partial charge is 0.252 e. The van der Waals surface area contributed by atoms with Crippen molar-refractivity contribution in [3.8, 4) is 11.5 Å². The average Bonchev–Trinajstić information content (AvgIpc) is 2.92. The first-order valence-corrected chi connectivity index (χ1v) is 13.9. The van der Waals surface area contributed by atoms with E-state index in [2.05, 4.69) is 5.32 Å². The lowest BCUT2D eigenvalue weighted by atomic mass is 10.0. The van der Waals surface area contributed by atoms with Gasteiger partial charge in [-0.2, -0.15) is 0 Å². The van der Waals surface area contributed by atoms with Crippen LogP contribution in [0.2, 0.25) is 0 Å². The SMILES string of the molecule is COc1ccc(C(=O)NC(C(=O)N2CCC(Oc3ccc(S(C)(=O)=O)cc3)CC2)c2ccccc2)cc1. The van der Waals surface area contributed by atoms with Gasteiger partial charge < -0.3 is 19.7 Å². The zero-order chi connectivity index (χ0) is 26.4. The van der Waals surface area contributed by atoms with Gasteiger partial charge in [0.05, 0.1) is 12.0 Å². The number of rotatable bonds is 8. The Bertz CT molecular complexity index is 1320. The fraction of sp³-hybridized carbons (Fsp3) is 0.286. The Morgan fingerprint density at radius 1 is 0.892 bits per heavy atom. The first kappa shape index (κ1) is 26.2. The number of hydrogen-bond acceptors (Lipinski definition) is 6. The standard InChI is InChI=1S/C28H30N2O6S/c1-35-22-10-8-21(9-11-22)27(31)29-26(20-6-4-3-5-7-20)28(32)30-18-16-24(17-19-30)36-23-12-14-25(15-13-23)37(2,33)34/h3-15,24,26H,16-19H2,1-2H3,(H,29,31). The number of sulfone groups is 1. The normalized spacial score (nSPS) is 15.0. The van der Waals surface area contributed by atoms with Gasteiger partial charge in [-0.1, -0.05) is 30.3 Å². The van der Waals surface area contributed by atoms with E-state index in [0.717, 1.165) is 6.26 Å². The quantitative estimate of drug-likeness (QED) is 0.485. The molecule has 2 amide bonds. The van der Waals surface area contributed by atoms with Crippen LogP contribution in [0.1, 0.15) is 34.8 Å². The van der Waals surface area contributed by atoms with E-state index >= 15 is 0 Å². The lowest BCUT2D eigenvalue weighted by Crippen LogP contribution is -2.47. The van der Waals surface area contributed by atoms with E-state index in [1.165, 1.54) is 12.1 Å². The third-order valence-electron chi connectivity index (χ3n) is 6.32. The maximum absolute atomic E-state index is 13.6. The van der Waals surface area contributed by atoms with Crippen LogP contribution in [0.5, 0.6) is 11.5 Å². The van der Waals surface area contributed by atoms with Crippen LogP contribution < -0.4 is 14.8 Å². The molecule has 1 heterocycles. The van der Waals surface area contributed by atoms with Crippen LogP contribution in [0, 0.1) is 0 Å². The highest BCUT2D eigenvalue weighted by atomic mass is 32.2. The lowest BCUT2D eigenvalue weighted by molar-refractivity contribution is -0.135. The van der Waals surface area contributed by atoms with E-state index in [-0.39, 0.29) is 22.8 Å². The minimum Gasteiger partial charge on any atom is -0.497 e. The summed E-state index contributed by atoms with van der Waals surface area (Å²) in [6, 6.07) is 21.4. The van der Waals surface area contributed by atoms with E-state index in [1.54, 1.807) is 48.4 Å². The highest BCUT2D eigenvalue weighted by Crippen LogP contribution is 2.24. The summed E-state index contributed by atoms with van der Waals surface area (Å²) < 4.78 is 34.5. The molecule has 0 spiro atoms. The van der Waals surface area contributed by atoms with Gasteiger partial charge in [0, 0.05) is 37.8 Å². The molecule has 0 aliphatic carbocycles. The Labute approximate surface area is 217 Å². The summed E-state index contributed by atoms with van der Waals surface area (Å²) in [6.45, 7) is 0.958. The average molecular weight is 523 g/mol. The number of likely N-dealkylation sites (tertiary alicyclic amines) is 1. The molecule has 9 heteroatoms. The summed E-state index contributed by atoms with van der Waals surface area (Å²) in [5.41, 5.74) is 1.14. The Morgan fingerprint density at radius 2 is 1.49 bits per heavy atom. The Balaban J connectivity index is 1.40. The number of nitrogens with zero attached hydrogens (tertiary/aromatic N) is 1. The van der Waals surface area contributed by atoms with Gasteiger partial charge in [0.25, 0.3) is 5.91 Å². The molecule has 0 aromatic heterocycles. The molecule has 1 atom stereocenters. The predicted octanol–water partition coefficient (Wildman–Crippen LogP) is 3.64. The van der Waals surface area contributed by atoms with Crippen LogP contribution in [0.3, 0.4) is 0 Å². The van der Waals surface area contributed by atoms with Crippen molar-refractivity contribution in [1.29, 1.82) is 0 Å². The van der Waals surface area contributed by atoms with Crippen LogP contribution >= 0.6 is 0 Å². The second kappa shape index (κ2) is 11.5. The third kappa shape index (κ3) is 6.68. The molecule has 8 nitrogen and oxygen atoms in total. The number of carbonyl (C=O) groups excluding carboxylic acids is 2. The fourth-order valence-electron chi connectivity index (χ4n) is 4.22. The molecule has 3 aromatic rings. The van der Waals surface area contributed by atoms with E-state index in [0.29, 0.717) is 48.6 Å². The molecule has 3 aromatic carbocycles. The highest BCUT2D eigenvalue weighted by Gasteiger charge is 2.31. The number of carbonyl (C=O) groups is 2. The number of ether oxygens (including phenoxy) is 2. The van der Waals surface area contributed by atoms with Crippen molar-refractivity contribution in [2.24, 2.45) is 0 Å². The summed E-state index contributed by atoms with van der Waals surface area (Å²) in [4.78, 5) is 28.5. The fourth-order valence-corrected chi connectivity index (χ4v) is 4.85. The van der Waals surface area contributed by atoms with Gasteiger partial charge in [-0.3, -0.25) is 9.59 Å². The van der Waals surface area contributed by atoms with Gasteiger partial charge in [-0.05, 0) is 54.1 Å². The zero-order valence-electron chi connectivity index (χ0n) is 20.8. The number of piperidine rings is 1. The minimum absolute atomic E-state index is 0.0998. The molecular weight excluding hydrogens is 492 g/mol. The van der Waals surface area contributed by atoms with Crippen LogP contribution in [0.15, 0.2) is 83.8 Å². The largest absolute Gasteiger partial charge is 0.497 e. The van der Waals surface area contributed by atoms with Crippen molar-refractivity contribution in [3.63, 3.8) is 0 Å². The zero-order valence-corrected chi connectivity index (χ0v) is 21.6. The maximum Gasteiger partial charge on any atom is 0.252 e. The summed E-state index contributed by atoms with van der Waals surface area (Å²) in [7, 11) is -1.71. The summed E-state index contributed by atoms with van der Waals surface area (Å²) in [6.07, 6.45) is 2.30. The van der Waals surface area contributed by atoms with Gasteiger partial charge >= 0.3 is 0 Å². The Hall–Kier alpha value is -3.85. The molecule has 1 aliphatic rings. The second-order valence-corrected chi connectivity index (χ2v) is 10.9. The molecule has 194 valence electrons. The third-order valence-corrected chi connectivity index (χ3v) is 7.44. The molecule has 0 bridgehead atoms. The summed E-state index contributed by atoms with van der Waals surface area (Å²) in [5.74, 6) is 0.708. The van der Waals surface area contributed by atoms with Crippen LogP contribution in [0.25, 0.3) is 0 Å². The van der Waals surface area contributed by atoms with Crippen molar-refractivity contribution in [1.82, 2.24) is 10.2 Å². The van der Waals surface area contributed by atoms with Crippen molar-refractivity contribution < 1.29 is 27.5 Å². The first-order valence-electron chi connectivity index (χ1n) is 12.0.